The van der Waals surface area contributed by atoms with Gasteiger partial charge >= 0.3 is 66.8 Å². The van der Waals surface area contributed by atoms with E-state index in [0.29, 0.717) is 36.4 Å². The standard InChI is InChI=1S/C24H6F18N2O11S2/c25-17(26,21(33,34)35)19(29,30)23(39,40)56(49,50)54-43-13(45)7-3-1-5-9(11(7)15(43)47)53-10-6-2-4-8-12(10)16(48)44(14(8)46)55-57(51,52)24(41,42)20(31,32)18(27,28)22(36,37)38/h1-6H. The molecule has 2 aromatic carbocycles. The Balaban J connectivity index is 1.68. The fourth-order valence-electron chi connectivity index (χ4n) is 4.22. The number of hydroxylamine groups is 4. The normalized spacial score (nSPS) is 16.7. The van der Waals surface area contributed by atoms with E-state index in [0.717, 1.165) is 0 Å². The number of carbonyl (C=O) groups excluding carboxylic acids is 4. The number of fused-ring (bicyclic) bond motifs is 2. The Bertz CT molecular complexity index is 2150. The summed E-state index contributed by atoms with van der Waals surface area (Å²) < 4.78 is 299. The lowest BCUT2D eigenvalue weighted by atomic mass is 10.1. The van der Waals surface area contributed by atoms with Crippen molar-refractivity contribution in [1.29, 1.82) is 0 Å². The third-order valence-electron chi connectivity index (χ3n) is 7.10. The van der Waals surface area contributed by atoms with Crippen LogP contribution in [0.4, 0.5) is 79.0 Å². The molecule has 0 spiro atoms. The molecule has 4 rings (SSSR count). The van der Waals surface area contributed by atoms with Crippen LogP contribution in [-0.4, -0.2) is 97.1 Å². The first-order chi connectivity index (χ1) is 25.3. The number of nitrogens with zero attached hydrogens (tertiary/aromatic N) is 2. The number of ether oxygens (including phenoxy) is 1. The predicted molar refractivity (Wildman–Crippen MR) is 136 cm³/mol. The van der Waals surface area contributed by atoms with Crippen LogP contribution in [0.5, 0.6) is 11.5 Å². The SMILES string of the molecule is O=C1c2cccc(Oc3cccc4c3C(=O)N(OS(=O)(=O)C(F)(F)C(F)(F)C(F)(F)C(F)(F)F)C4=O)c2C(=O)N1OS(=O)(=O)C(F)(F)C(F)(F)C(F)(F)C(F)(F)F. The second-order valence-electron chi connectivity index (χ2n) is 10.7. The van der Waals surface area contributed by atoms with Gasteiger partial charge in [0.15, 0.2) is 0 Å². The van der Waals surface area contributed by atoms with Gasteiger partial charge in [0, 0.05) is 0 Å². The molecule has 0 N–H and O–H groups in total. The molecule has 0 saturated heterocycles. The maximum absolute atomic E-state index is 14.2. The molecule has 316 valence electrons. The van der Waals surface area contributed by atoms with Gasteiger partial charge in [-0.25, -0.2) is 0 Å². The van der Waals surface area contributed by atoms with E-state index in [9.17, 15) is 115 Å². The van der Waals surface area contributed by atoms with Crippen molar-refractivity contribution in [2.24, 2.45) is 0 Å². The second kappa shape index (κ2) is 12.8. The minimum Gasteiger partial charge on any atom is -0.456 e. The highest BCUT2D eigenvalue weighted by molar-refractivity contribution is 7.88. The van der Waals surface area contributed by atoms with Crippen LogP contribution in [0.25, 0.3) is 0 Å². The molecule has 0 bridgehead atoms. The number of rotatable bonds is 12. The molecule has 57 heavy (non-hydrogen) atoms. The van der Waals surface area contributed by atoms with Crippen LogP contribution in [-0.2, 0) is 28.8 Å². The molecule has 0 fully saturated rings. The number of hydrogen-bond acceptors (Lipinski definition) is 11. The van der Waals surface area contributed by atoms with Gasteiger partial charge in [-0.2, -0.15) is 95.9 Å². The Hall–Kier alpha value is -4.92. The third kappa shape index (κ3) is 6.18. The lowest BCUT2D eigenvalue weighted by Gasteiger charge is -2.32. The van der Waals surface area contributed by atoms with Gasteiger partial charge in [-0.15, -0.1) is 18.7 Å². The van der Waals surface area contributed by atoms with Gasteiger partial charge < -0.3 is 4.74 Å². The fraction of sp³-hybridized carbons (Fsp3) is 0.333. The lowest BCUT2D eigenvalue weighted by Crippen LogP contribution is -2.64. The van der Waals surface area contributed by atoms with Gasteiger partial charge in [-0.1, -0.05) is 12.1 Å². The zero-order valence-corrected chi connectivity index (χ0v) is 27.1. The van der Waals surface area contributed by atoms with Crippen molar-refractivity contribution >= 4 is 43.9 Å². The summed E-state index contributed by atoms with van der Waals surface area (Å²) in [6, 6.07) is 3.04. The summed E-state index contributed by atoms with van der Waals surface area (Å²) in [6.45, 7) is 0. The smallest absolute Gasteiger partial charge is 0.456 e. The zero-order valence-electron chi connectivity index (χ0n) is 25.5. The Morgan fingerprint density at radius 2 is 0.702 bits per heavy atom. The van der Waals surface area contributed by atoms with Crippen molar-refractivity contribution < 1.29 is 128 Å². The molecule has 0 aromatic heterocycles. The van der Waals surface area contributed by atoms with Crippen LogP contribution >= 0.6 is 0 Å². The first kappa shape index (κ1) is 44.8. The van der Waals surface area contributed by atoms with Crippen LogP contribution in [0.15, 0.2) is 36.4 Å². The van der Waals surface area contributed by atoms with Gasteiger partial charge in [0.1, 0.15) is 11.5 Å². The Kier molecular flexibility index (Phi) is 10.1. The van der Waals surface area contributed by atoms with Gasteiger partial charge in [0.05, 0.1) is 22.3 Å². The van der Waals surface area contributed by atoms with Crippen molar-refractivity contribution in [3.63, 3.8) is 0 Å². The molecule has 0 radical (unpaired) electrons. The van der Waals surface area contributed by atoms with Crippen LogP contribution in [0, 0.1) is 0 Å². The minimum absolute atomic E-state index is 0.436. The maximum atomic E-state index is 14.2. The summed E-state index contributed by atoms with van der Waals surface area (Å²) in [5.74, 6) is -43.4. The number of hydrogen-bond donors (Lipinski definition) is 0. The lowest BCUT2D eigenvalue weighted by molar-refractivity contribution is -0.383. The van der Waals surface area contributed by atoms with Crippen molar-refractivity contribution in [3.05, 3.63) is 58.7 Å². The summed E-state index contributed by atoms with van der Waals surface area (Å²) in [7, 11) is -15.9. The fourth-order valence-corrected chi connectivity index (χ4v) is 5.95. The van der Waals surface area contributed by atoms with Crippen molar-refractivity contribution in [3.8, 4) is 11.5 Å². The predicted octanol–water partition coefficient (Wildman–Crippen LogP) is 6.05. The van der Waals surface area contributed by atoms with E-state index < -0.39 is 134 Å². The number of amides is 4. The highest BCUT2D eigenvalue weighted by atomic mass is 32.2. The van der Waals surface area contributed by atoms with E-state index in [1.54, 1.807) is 0 Å². The number of carbonyl (C=O) groups is 4. The summed E-state index contributed by atoms with van der Waals surface area (Å²) in [5.41, 5.74) is -5.47. The quantitative estimate of drug-likeness (QED) is 0.180. The molecule has 2 heterocycles. The number of benzene rings is 2. The summed E-state index contributed by atoms with van der Waals surface area (Å²) in [4.78, 5) is 51.1. The Morgan fingerprint density at radius 1 is 0.421 bits per heavy atom. The molecule has 13 nitrogen and oxygen atoms in total. The number of alkyl halides is 18. The van der Waals surface area contributed by atoms with E-state index in [4.69, 9.17) is 4.74 Å². The summed E-state index contributed by atoms with van der Waals surface area (Å²) in [6.07, 6.45) is -15.1. The van der Waals surface area contributed by atoms with Gasteiger partial charge in [0.25, 0.3) is 23.6 Å². The monoisotopic (exact) mass is 904 g/mol. The van der Waals surface area contributed by atoms with E-state index in [1.165, 1.54) is 0 Å². The molecular formula is C24H6F18N2O11S2. The number of imide groups is 2. The molecule has 2 aliphatic heterocycles. The molecule has 2 aromatic rings. The summed E-state index contributed by atoms with van der Waals surface area (Å²) >= 11 is 0. The third-order valence-corrected chi connectivity index (χ3v) is 9.56. The van der Waals surface area contributed by atoms with E-state index in [1.807, 2.05) is 0 Å². The van der Waals surface area contributed by atoms with Crippen LogP contribution in [0.1, 0.15) is 41.4 Å². The largest absolute Gasteiger partial charge is 0.460 e. The van der Waals surface area contributed by atoms with E-state index >= 15 is 0 Å². The average Bonchev–Trinajstić information content (AvgIpc) is 3.43. The van der Waals surface area contributed by atoms with Crippen LogP contribution < -0.4 is 4.74 Å². The van der Waals surface area contributed by atoms with Crippen LogP contribution in [0.3, 0.4) is 0 Å². The number of halogens is 18. The van der Waals surface area contributed by atoms with E-state index in [2.05, 4.69) is 8.57 Å². The molecular weight excluding hydrogens is 898 g/mol. The first-order valence-electron chi connectivity index (χ1n) is 13.3. The topological polar surface area (TPSA) is 171 Å². The second-order valence-corrected chi connectivity index (χ2v) is 13.8. The first-order valence-corrected chi connectivity index (χ1v) is 16.1. The van der Waals surface area contributed by atoms with Gasteiger partial charge in [-0.05, 0) is 24.3 Å². The molecule has 0 atom stereocenters. The van der Waals surface area contributed by atoms with Crippen LogP contribution in [0.2, 0.25) is 0 Å². The van der Waals surface area contributed by atoms with E-state index in [-0.39, 0.29) is 0 Å². The molecule has 2 aliphatic rings. The maximum Gasteiger partial charge on any atom is 0.460 e. The molecule has 0 saturated carbocycles. The van der Waals surface area contributed by atoms with Crippen molar-refractivity contribution in [1.82, 2.24) is 10.1 Å². The molecule has 33 heteroatoms. The van der Waals surface area contributed by atoms with Gasteiger partial charge in [0.2, 0.25) is 0 Å². The average molecular weight is 904 g/mol. The molecule has 4 amide bonds. The van der Waals surface area contributed by atoms with Crippen molar-refractivity contribution in [2.45, 2.75) is 46.6 Å². The minimum atomic E-state index is -7.95. The van der Waals surface area contributed by atoms with Gasteiger partial charge in [-0.3, -0.25) is 19.2 Å². The Labute approximate surface area is 299 Å². The highest BCUT2D eigenvalue weighted by Gasteiger charge is 2.87. The molecule has 0 aliphatic carbocycles. The van der Waals surface area contributed by atoms with Crippen molar-refractivity contribution in [2.75, 3.05) is 0 Å². The zero-order chi connectivity index (χ0) is 44.3. The highest BCUT2D eigenvalue weighted by Crippen LogP contribution is 2.57. The molecule has 0 unspecified atom stereocenters. The summed E-state index contributed by atoms with van der Waals surface area (Å²) in [5, 5.41) is -18.0. The Morgan fingerprint density at radius 3 is 0.965 bits per heavy atom.